The summed E-state index contributed by atoms with van der Waals surface area (Å²) in [7, 11) is 2.17. The SMILES string of the molecule is C\C=C/C(=C\C=C\CC)C1CCN(c2ccc(-c3cccc(CN(C)C(CN)=C4CCC4)c3)cn2)CC1. The summed E-state index contributed by atoms with van der Waals surface area (Å²) in [6, 6.07) is 13.2. The molecule has 4 nitrogen and oxygen atoms in total. The molecule has 0 amide bonds. The molecule has 1 saturated carbocycles. The Hall–Kier alpha value is -3.11. The first kappa shape index (κ1) is 26.9. The second-order valence-electron chi connectivity index (χ2n) is 10.3. The average molecular weight is 497 g/mol. The van der Waals surface area contributed by atoms with Crippen LogP contribution in [-0.2, 0) is 6.54 Å². The lowest BCUT2D eigenvalue weighted by Crippen LogP contribution is -2.34. The van der Waals surface area contributed by atoms with Crippen LogP contribution in [0.5, 0.6) is 0 Å². The molecule has 0 unspecified atom stereocenters. The van der Waals surface area contributed by atoms with Crippen LogP contribution >= 0.6 is 0 Å². The average Bonchev–Trinajstić information content (AvgIpc) is 2.90. The number of hydrogen-bond acceptors (Lipinski definition) is 4. The van der Waals surface area contributed by atoms with Gasteiger partial charge in [-0.1, -0.05) is 55.5 Å². The normalized spacial score (nSPS) is 17.0. The molecule has 1 aromatic heterocycles. The van der Waals surface area contributed by atoms with Crippen LogP contribution in [-0.4, -0.2) is 36.6 Å². The summed E-state index contributed by atoms with van der Waals surface area (Å²) in [5.74, 6) is 1.70. The van der Waals surface area contributed by atoms with E-state index in [0.717, 1.165) is 44.7 Å². The highest BCUT2D eigenvalue weighted by Crippen LogP contribution is 2.31. The van der Waals surface area contributed by atoms with Crippen LogP contribution in [0.1, 0.15) is 57.9 Å². The van der Waals surface area contributed by atoms with Crippen molar-refractivity contribution in [3.8, 4) is 11.1 Å². The molecule has 2 aromatic rings. The third-order valence-corrected chi connectivity index (χ3v) is 7.76. The maximum atomic E-state index is 6.07. The van der Waals surface area contributed by atoms with E-state index in [1.54, 1.807) is 0 Å². The van der Waals surface area contributed by atoms with Crippen LogP contribution in [0.15, 0.2) is 89.8 Å². The van der Waals surface area contributed by atoms with Gasteiger partial charge < -0.3 is 15.5 Å². The van der Waals surface area contributed by atoms with Crippen molar-refractivity contribution < 1.29 is 0 Å². The van der Waals surface area contributed by atoms with Gasteiger partial charge in [0.15, 0.2) is 0 Å². The van der Waals surface area contributed by atoms with Crippen molar-refractivity contribution in [2.24, 2.45) is 11.7 Å². The molecule has 0 radical (unpaired) electrons. The van der Waals surface area contributed by atoms with Crippen molar-refractivity contribution in [3.05, 3.63) is 95.4 Å². The standard InChI is InChI=1S/C33H44N4/c1-4-6-7-12-27(10-5-2)28-18-20-37(21-19-28)33-17-16-31(24-35-33)30-15-8-11-26(22-30)25-36(3)32(23-34)29-13-9-14-29/h5-8,10-12,15-17,22,24,28H,4,9,13-14,18-21,23,25,34H2,1-3H3/b7-6+,10-5-,27-12+. The molecule has 1 aromatic carbocycles. The molecule has 4 rings (SSSR count). The molecule has 37 heavy (non-hydrogen) atoms. The molecule has 196 valence electrons. The third-order valence-electron chi connectivity index (χ3n) is 7.76. The maximum absolute atomic E-state index is 6.07. The van der Waals surface area contributed by atoms with E-state index in [-0.39, 0.29) is 0 Å². The fraction of sp³-hybridized carbons (Fsp3) is 0.424. The fourth-order valence-electron chi connectivity index (χ4n) is 5.45. The van der Waals surface area contributed by atoms with Crippen molar-refractivity contribution in [2.75, 3.05) is 31.6 Å². The number of piperidine rings is 1. The second kappa shape index (κ2) is 13.4. The van der Waals surface area contributed by atoms with E-state index in [0.29, 0.717) is 12.5 Å². The van der Waals surface area contributed by atoms with Crippen LogP contribution < -0.4 is 10.6 Å². The number of pyridine rings is 1. The number of rotatable bonds is 10. The van der Waals surface area contributed by atoms with E-state index in [9.17, 15) is 0 Å². The van der Waals surface area contributed by atoms with Crippen LogP contribution in [0.25, 0.3) is 11.1 Å². The number of anilines is 1. The zero-order chi connectivity index (χ0) is 26.0. The van der Waals surface area contributed by atoms with Crippen LogP contribution in [0.3, 0.4) is 0 Å². The Morgan fingerprint density at radius 2 is 1.95 bits per heavy atom. The lowest BCUT2D eigenvalue weighted by molar-refractivity contribution is 0.388. The number of hydrogen-bond donors (Lipinski definition) is 1. The lowest BCUT2D eigenvalue weighted by atomic mass is 9.88. The summed E-state index contributed by atoms with van der Waals surface area (Å²) in [6.07, 6.45) is 20.3. The molecular formula is C33H44N4. The van der Waals surface area contributed by atoms with Crippen LogP contribution in [0.2, 0.25) is 0 Å². The van der Waals surface area contributed by atoms with Gasteiger partial charge in [-0.2, -0.15) is 0 Å². The Bertz CT molecular complexity index is 1130. The Kier molecular flexibility index (Phi) is 9.78. The van der Waals surface area contributed by atoms with E-state index >= 15 is 0 Å². The number of nitrogens with two attached hydrogens (primary N) is 1. The van der Waals surface area contributed by atoms with E-state index in [1.165, 1.54) is 52.8 Å². The quantitative estimate of drug-likeness (QED) is 0.352. The van der Waals surface area contributed by atoms with Gasteiger partial charge in [-0.15, -0.1) is 0 Å². The zero-order valence-electron chi connectivity index (χ0n) is 23.0. The molecule has 0 atom stereocenters. The number of aromatic nitrogens is 1. The predicted octanol–water partition coefficient (Wildman–Crippen LogP) is 7.26. The molecular weight excluding hydrogens is 452 g/mol. The maximum Gasteiger partial charge on any atom is 0.128 e. The molecule has 2 aliphatic rings. The van der Waals surface area contributed by atoms with Crippen molar-refractivity contribution in [2.45, 2.75) is 58.9 Å². The first-order valence-electron chi connectivity index (χ1n) is 14.0. The van der Waals surface area contributed by atoms with Crippen molar-refractivity contribution in [1.82, 2.24) is 9.88 Å². The Morgan fingerprint density at radius 1 is 1.14 bits per heavy atom. The minimum atomic E-state index is 0.619. The number of likely N-dealkylation sites (N-methyl/N-ethyl adjacent to an activating group) is 1. The number of benzene rings is 1. The Morgan fingerprint density at radius 3 is 2.57 bits per heavy atom. The predicted molar refractivity (Wildman–Crippen MR) is 158 cm³/mol. The summed E-state index contributed by atoms with van der Waals surface area (Å²) in [5.41, 5.74) is 14.1. The largest absolute Gasteiger partial charge is 0.373 e. The summed E-state index contributed by atoms with van der Waals surface area (Å²) in [4.78, 5) is 9.63. The van der Waals surface area contributed by atoms with E-state index in [2.05, 4.69) is 97.5 Å². The summed E-state index contributed by atoms with van der Waals surface area (Å²) in [5, 5.41) is 0. The highest BCUT2D eigenvalue weighted by molar-refractivity contribution is 5.64. The van der Waals surface area contributed by atoms with Gasteiger partial charge in [0, 0.05) is 50.7 Å². The Labute approximate surface area is 224 Å². The smallest absolute Gasteiger partial charge is 0.128 e. The van der Waals surface area contributed by atoms with Gasteiger partial charge in [-0.3, -0.25) is 0 Å². The summed E-state index contributed by atoms with van der Waals surface area (Å²) >= 11 is 0. The molecule has 0 spiro atoms. The summed E-state index contributed by atoms with van der Waals surface area (Å²) in [6.45, 7) is 7.88. The molecule has 4 heteroatoms. The van der Waals surface area contributed by atoms with Gasteiger partial charge in [0.05, 0.1) is 0 Å². The third kappa shape index (κ3) is 7.01. The van der Waals surface area contributed by atoms with Gasteiger partial charge in [0.1, 0.15) is 5.82 Å². The van der Waals surface area contributed by atoms with Crippen LogP contribution in [0, 0.1) is 5.92 Å². The van der Waals surface area contributed by atoms with E-state index < -0.39 is 0 Å². The monoisotopic (exact) mass is 496 g/mol. The van der Waals surface area contributed by atoms with Gasteiger partial charge in [-0.05, 0) is 91.8 Å². The number of allylic oxidation sites excluding steroid dienone is 7. The molecule has 1 aliphatic carbocycles. The van der Waals surface area contributed by atoms with Gasteiger partial charge in [0.2, 0.25) is 0 Å². The highest BCUT2D eigenvalue weighted by Gasteiger charge is 2.22. The molecule has 1 saturated heterocycles. The van der Waals surface area contributed by atoms with Gasteiger partial charge in [0.25, 0.3) is 0 Å². The fourth-order valence-corrected chi connectivity index (χ4v) is 5.45. The Balaban J connectivity index is 1.38. The van der Waals surface area contributed by atoms with Crippen molar-refractivity contribution in [1.29, 1.82) is 0 Å². The van der Waals surface area contributed by atoms with Gasteiger partial charge in [-0.25, -0.2) is 4.98 Å². The number of nitrogens with zero attached hydrogens (tertiary/aromatic N) is 3. The minimum Gasteiger partial charge on any atom is -0.373 e. The molecule has 2 N–H and O–H groups in total. The van der Waals surface area contributed by atoms with E-state index in [1.807, 2.05) is 6.20 Å². The second-order valence-corrected chi connectivity index (χ2v) is 10.3. The molecule has 0 bridgehead atoms. The van der Waals surface area contributed by atoms with Gasteiger partial charge >= 0.3 is 0 Å². The lowest BCUT2D eigenvalue weighted by Gasteiger charge is -2.33. The van der Waals surface area contributed by atoms with Crippen molar-refractivity contribution in [3.63, 3.8) is 0 Å². The van der Waals surface area contributed by atoms with E-state index in [4.69, 9.17) is 10.7 Å². The zero-order valence-corrected chi connectivity index (χ0v) is 23.0. The highest BCUT2D eigenvalue weighted by atomic mass is 15.2. The molecule has 2 fully saturated rings. The van der Waals surface area contributed by atoms with Crippen LogP contribution in [0.4, 0.5) is 5.82 Å². The molecule has 2 heterocycles. The summed E-state index contributed by atoms with van der Waals surface area (Å²) < 4.78 is 0. The minimum absolute atomic E-state index is 0.619. The topological polar surface area (TPSA) is 45.4 Å². The van der Waals surface area contributed by atoms with Crippen molar-refractivity contribution >= 4 is 5.82 Å². The molecule has 1 aliphatic heterocycles. The first-order valence-corrected chi connectivity index (χ1v) is 14.0. The first-order chi connectivity index (χ1) is 18.1.